The normalized spacial score (nSPS) is 20.4. The van der Waals surface area contributed by atoms with Gasteiger partial charge in [-0.2, -0.15) is 4.31 Å². The summed E-state index contributed by atoms with van der Waals surface area (Å²) in [5, 5.41) is -0.113. The molecule has 1 N–H and O–H groups in total. The van der Waals surface area contributed by atoms with Gasteiger partial charge in [-0.3, -0.25) is 4.79 Å². The average molecular weight is 305 g/mol. The number of H-pyrrole nitrogens is 1. The van der Waals surface area contributed by atoms with Crippen LogP contribution in [-0.2, 0) is 10.0 Å². The maximum absolute atomic E-state index is 12.4. The van der Waals surface area contributed by atoms with E-state index in [1.165, 1.54) is 16.6 Å². The quantitative estimate of drug-likeness (QED) is 0.906. The molecule has 1 aliphatic heterocycles. The zero-order valence-corrected chi connectivity index (χ0v) is 12.5. The van der Waals surface area contributed by atoms with Crippen LogP contribution < -0.4 is 5.56 Å². The molecule has 0 bridgehead atoms. The van der Waals surface area contributed by atoms with E-state index in [1.54, 1.807) is 0 Å². The first-order chi connectivity index (χ1) is 8.72. The van der Waals surface area contributed by atoms with Crippen molar-refractivity contribution >= 4 is 21.6 Å². The lowest BCUT2D eigenvalue weighted by atomic mass is 9.83. The van der Waals surface area contributed by atoms with Crippen LogP contribution in [0.5, 0.6) is 0 Å². The molecule has 1 aromatic rings. The van der Waals surface area contributed by atoms with Crippen molar-refractivity contribution in [2.45, 2.75) is 31.6 Å². The van der Waals surface area contributed by atoms with Gasteiger partial charge in [0.15, 0.2) is 0 Å². The highest BCUT2D eigenvalue weighted by molar-refractivity contribution is 7.89. The number of sulfonamides is 1. The number of aromatic amines is 1. The Bertz CT molecular complexity index is 627. The molecule has 2 heterocycles. The van der Waals surface area contributed by atoms with Crippen LogP contribution in [0.2, 0.25) is 5.02 Å². The molecule has 1 aromatic heterocycles. The second-order valence-corrected chi connectivity index (χ2v) is 7.93. The third kappa shape index (κ3) is 3.01. The van der Waals surface area contributed by atoms with Crippen molar-refractivity contribution in [1.82, 2.24) is 9.29 Å². The number of rotatable bonds is 2. The van der Waals surface area contributed by atoms with Gasteiger partial charge in [-0.25, -0.2) is 8.42 Å². The Morgan fingerprint density at radius 3 is 2.42 bits per heavy atom. The molecule has 1 fully saturated rings. The molecule has 0 aromatic carbocycles. The molecule has 106 valence electrons. The Morgan fingerprint density at radius 1 is 1.32 bits per heavy atom. The van der Waals surface area contributed by atoms with E-state index >= 15 is 0 Å². The van der Waals surface area contributed by atoms with E-state index in [2.05, 4.69) is 18.8 Å². The fourth-order valence-electron chi connectivity index (χ4n) is 2.07. The zero-order chi connectivity index (χ0) is 14.3. The Balaban J connectivity index is 2.28. The summed E-state index contributed by atoms with van der Waals surface area (Å²) in [6, 6.07) is 1.20. The van der Waals surface area contributed by atoms with E-state index in [9.17, 15) is 13.2 Å². The van der Waals surface area contributed by atoms with Gasteiger partial charge in [0.05, 0.1) is 4.90 Å². The lowest BCUT2D eigenvalue weighted by Gasteiger charge is -2.36. The molecular formula is C12H17ClN2O3S. The Labute approximate surface area is 117 Å². The van der Waals surface area contributed by atoms with Crippen LogP contribution in [0.1, 0.15) is 26.7 Å². The zero-order valence-electron chi connectivity index (χ0n) is 10.9. The summed E-state index contributed by atoms with van der Waals surface area (Å²) >= 11 is 5.68. The fourth-order valence-corrected chi connectivity index (χ4v) is 3.74. The summed E-state index contributed by atoms with van der Waals surface area (Å²) in [5.41, 5.74) is -0.310. The number of nitrogens with one attached hydrogen (secondary N) is 1. The van der Waals surface area contributed by atoms with Crippen molar-refractivity contribution in [3.63, 3.8) is 0 Å². The molecule has 5 nitrogen and oxygen atoms in total. The van der Waals surface area contributed by atoms with E-state index in [1.807, 2.05) is 0 Å². The standard InChI is InChI=1S/C12H17ClN2O3S/c1-12(2)3-5-15(6-4-12)19(17,18)9-7-10(13)11(16)14-8-9/h7-8H,3-6H2,1-2H3,(H,14,16). The van der Waals surface area contributed by atoms with Crippen LogP contribution in [0, 0.1) is 5.41 Å². The predicted octanol–water partition coefficient (Wildman–Crippen LogP) is 1.84. The lowest BCUT2D eigenvalue weighted by Crippen LogP contribution is -2.41. The minimum Gasteiger partial charge on any atom is -0.326 e. The number of piperidine rings is 1. The van der Waals surface area contributed by atoms with Crippen molar-refractivity contribution in [1.29, 1.82) is 0 Å². The molecule has 0 radical (unpaired) electrons. The number of pyridine rings is 1. The molecule has 0 atom stereocenters. The van der Waals surface area contributed by atoms with Crippen molar-refractivity contribution < 1.29 is 8.42 Å². The number of nitrogens with zero attached hydrogens (tertiary/aromatic N) is 1. The maximum atomic E-state index is 12.4. The summed E-state index contributed by atoms with van der Waals surface area (Å²) in [7, 11) is -3.57. The van der Waals surface area contributed by atoms with Gasteiger partial charge < -0.3 is 4.98 Å². The minimum atomic E-state index is -3.57. The average Bonchev–Trinajstić information content (AvgIpc) is 2.32. The summed E-state index contributed by atoms with van der Waals surface area (Å²) in [4.78, 5) is 13.5. The lowest BCUT2D eigenvalue weighted by molar-refractivity contribution is 0.196. The molecule has 7 heteroatoms. The topological polar surface area (TPSA) is 70.2 Å². The summed E-state index contributed by atoms with van der Waals surface area (Å²) < 4.78 is 26.3. The SMILES string of the molecule is CC1(C)CCN(S(=O)(=O)c2c[nH]c(=O)c(Cl)c2)CC1. The number of halogens is 1. The largest absolute Gasteiger partial charge is 0.326 e. The van der Waals surface area contributed by atoms with Crippen LogP contribution in [0.4, 0.5) is 0 Å². The van der Waals surface area contributed by atoms with Gasteiger partial charge in [0.25, 0.3) is 5.56 Å². The maximum Gasteiger partial charge on any atom is 0.266 e. The molecule has 19 heavy (non-hydrogen) atoms. The number of hydrogen-bond acceptors (Lipinski definition) is 3. The third-order valence-corrected chi connectivity index (χ3v) is 5.70. The van der Waals surface area contributed by atoms with Gasteiger partial charge in [-0.05, 0) is 24.3 Å². The summed E-state index contributed by atoms with van der Waals surface area (Å²) in [6.45, 7) is 5.25. The molecule has 0 unspecified atom stereocenters. The number of hydrogen-bond donors (Lipinski definition) is 1. The van der Waals surface area contributed by atoms with Gasteiger partial charge in [0.1, 0.15) is 5.02 Å². The molecule has 0 aliphatic carbocycles. The molecule has 0 amide bonds. The molecule has 1 aliphatic rings. The van der Waals surface area contributed by atoms with Crippen LogP contribution in [0.15, 0.2) is 22.0 Å². The third-order valence-electron chi connectivity index (χ3n) is 3.55. The second-order valence-electron chi connectivity index (χ2n) is 5.58. The molecule has 1 saturated heterocycles. The Hall–Kier alpha value is -0.850. The van der Waals surface area contributed by atoms with E-state index < -0.39 is 15.6 Å². The molecular weight excluding hydrogens is 288 g/mol. The highest BCUT2D eigenvalue weighted by Crippen LogP contribution is 2.32. The van der Waals surface area contributed by atoms with Crippen molar-refractivity contribution in [2.75, 3.05) is 13.1 Å². The van der Waals surface area contributed by atoms with Gasteiger partial charge in [0, 0.05) is 19.3 Å². The van der Waals surface area contributed by atoms with Gasteiger partial charge in [0.2, 0.25) is 10.0 Å². The van der Waals surface area contributed by atoms with Crippen LogP contribution in [0.25, 0.3) is 0 Å². The highest BCUT2D eigenvalue weighted by Gasteiger charge is 2.32. The minimum absolute atomic E-state index is 0.0387. The highest BCUT2D eigenvalue weighted by atomic mass is 35.5. The number of aromatic nitrogens is 1. The smallest absolute Gasteiger partial charge is 0.266 e. The van der Waals surface area contributed by atoms with Crippen LogP contribution in [0.3, 0.4) is 0 Å². The van der Waals surface area contributed by atoms with Gasteiger partial charge in [-0.1, -0.05) is 25.4 Å². The van der Waals surface area contributed by atoms with E-state index in [-0.39, 0.29) is 15.3 Å². The monoisotopic (exact) mass is 304 g/mol. The fraction of sp³-hybridized carbons (Fsp3) is 0.583. The predicted molar refractivity (Wildman–Crippen MR) is 73.8 cm³/mol. The van der Waals surface area contributed by atoms with E-state index in [0.29, 0.717) is 13.1 Å². The van der Waals surface area contributed by atoms with Crippen LogP contribution in [-0.4, -0.2) is 30.8 Å². The Morgan fingerprint density at radius 2 is 1.89 bits per heavy atom. The molecule has 0 saturated carbocycles. The van der Waals surface area contributed by atoms with Crippen molar-refractivity contribution in [3.8, 4) is 0 Å². The molecule has 2 rings (SSSR count). The van der Waals surface area contributed by atoms with Crippen molar-refractivity contribution in [2.24, 2.45) is 5.41 Å². The van der Waals surface area contributed by atoms with Gasteiger partial charge >= 0.3 is 0 Å². The Kier molecular flexibility index (Phi) is 3.77. The van der Waals surface area contributed by atoms with E-state index in [4.69, 9.17) is 11.6 Å². The first-order valence-electron chi connectivity index (χ1n) is 6.11. The van der Waals surface area contributed by atoms with E-state index in [0.717, 1.165) is 12.8 Å². The van der Waals surface area contributed by atoms with Gasteiger partial charge in [-0.15, -0.1) is 0 Å². The van der Waals surface area contributed by atoms with Crippen molar-refractivity contribution in [3.05, 3.63) is 27.6 Å². The summed E-state index contributed by atoms with van der Waals surface area (Å²) in [5.74, 6) is 0. The first-order valence-corrected chi connectivity index (χ1v) is 7.93. The first kappa shape index (κ1) is 14.6. The molecule has 0 spiro atoms. The summed E-state index contributed by atoms with van der Waals surface area (Å²) in [6.07, 6.45) is 2.84. The van der Waals surface area contributed by atoms with Crippen LogP contribution >= 0.6 is 11.6 Å². The second kappa shape index (κ2) is 4.92.